The van der Waals surface area contributed by atoms with Crippen molar-refractivity contribution < 1.29 is 14.3 Å². The summed E-state index contributed by atoms with van der Waals surface area (Å²) in [6, 6.07) is 3.42. The minimum absolute atomic E-state index is 0.354. The predicted octanol–water partition coefficient (Wildman–Crippen LogP) is 2.95. The van der Waals surface area contributed by atoms with E-state index in [9.17, 15) is 14.3 Å². The van der Waals surface area contributed by atoms with E-state index in [4.69, 9.17) is 0 Å². The minimum atomic E-state index is -0.971. The van der Waals surface area contributed by atoms with Crippen LogP contribution in [0.25, 0.3) is 0 Å². The highest BCUT2D eigenvalue weighted by Crippen LogP contribution is 2.45. The Balaban J connectivity index is 2.59. The van der Waals surface area contributed by atoms with Crippen molar-refractivity contribution in [2.24, 2.45) is 0 Å². The highest BCUT2D eigenvalue weighted by Gasteiger charge is 2.47. The first kappa shape index (κ1) is 11.1. The molecule has 0 spiro atoms. The van der Waals surface area contributed by atoms with E-state index >= 15 is 0 Å². The van der Waals surface area contributed by atoms with Crippen LogP contribution in [0.1, 0.15) is 36.0 Å². The van der Waals surface area contributed by atoms with Gasteiger partial charge >= 0.3 is 5.97 Å². The van der Waals surface area contributed by atoms with Crippen molar-refractivity contribution in [2.75, 3.05) is 0 Å². The molecule has 3 heteroatoms. The molecule has 0 aromatic heterocycles. The van der Waals surface area contributed by atoms with Gasteiger partial charge in [-0.05, 0) is 32.3 Å². The molecule has 86 valence electrons. The number of aryl methyl sites for hydroxylation is 2. The first-order valence-electron chi connectivity index (χ1n) is 5.48. The fraction of sp³-hybridized carbons (Fsp3) is 0.462. The molecule has 0 radical (unpaired) electrons. The van der Waals surface area contributed by atoms with E-state index < -0.39 is 11.4 Å². The Morgan fingerprint density at radius 1 is 1.38 bits per heavy atom. The summed E-state index contributed by atoms with van der Waals surface area (Å²) in [4.78, 5) is 11.3. The smallest absolute Gasteiger partial charge is 0.314 e. The van der Waals surface area contributed by atoms with E-state index in [0.717, 1.165) is 12.0 Å². The van der Waals surface area contributed by atoms with Crippen molar-refractivity contribution in [3.8, 4) is 0 Å². The Morgan fingerprint density at radius 2 is 2.00 bits per heavy atom. The molecule has 2 nitrogen and oxygen atoms in total. The van der Waals surface area contributed by atoms with Crippen LogP contribution in [0.5, 0.6) is 0 Å². The average molecular weight is 222 g/mol. The number of benzene rings is 1. The molecule has 1 aliphatic carbocycles. The Labute approximate surface area is 94.1 Å². The number of halogens is 1. The maximum atomic E-state index is 14.0. The third kappa shape index (κ3) is 1.42. The van der Waals surface area contributed by atoms with Crippen molar-refractivity contribution in [3.05, 3.63) is 34.6 Å². The third-order valence-electron chi connectivity index (χ3n) is 3.53. The van der Waals surface area contributed by atoms with Gasteiger partial charge in [0.05, 0.1) is 5.41 Å². The zero-order chi connectivity index (χ0) is 11.9. The van der Waals surface area contributed by atoms with Gasteiger partial charge in [0.1, 0.15) is 5.82 Å². The highest BCUT2D eigenvalue weighted by molar-refractivity contribution is 5.82. The topological polar surface area (TPSA) is 37.3 Å². The van der Waals surface area contributed by atoms with Crippen LogP contribution in [-0.4, -0.2) is 11.1 Å². The molecule has 1 aromatic rings. The monoisotopic (exact) mass is 222 g/mol. The first-order chi connectivity index (χ1) is 7.47. The van der Waals surface area contributed by atoms with Crippen molar-refractivity contribution in [1.29, 1.82) is 0 Å². The molecule has 1 fully saturated rings. The van der Waals surface area contributed by atoms with E-state index in [-0.39, 0.29) is 5.82 Å². The highest BCUT2D eigenvalue weighted by atomic mass is 19.1. The Bertz CT molecular complexity index is 447. The molecule has 1 aliphatic rings. The third-order valence-corrected chi connectivity index (χ3v) is 3.53. The van der Waals surface area contributed by atoms with E-state index in [0.29, 0.717) is 24.0 Å². The molecule has 0 saturated heterocycles. The zero-order valence-corrected chi connectivity index (χ0v) is 9.51. The average Bonchev–Trinajstić information content (AvgIpc) is 2.10. The Kier molecular flexibility index (Phi) is 2.49. The molecular formula is C13H15FO2. The van der Waals surface area contributed by atoms with Gasteiger partial charge in [-0.2, -0.15) is 0 Å². The van der Waals surface area contributed by atoms with Crippen LogP contribution < -0.4 is 0 Å². The number of rotatable bonds is 2. The second kappa shape index (κ2) is 3.58. The van der Waals surface area contributed by atoms with Crippen LogP contribution in [0.4, 0.5) is 4.39 Å². The largest absolute Gasteiger partial charge is 0.481 e. The summed E-state index contributed by atoms with van der Waals surface area (Å²) in [5, 5.41) is 9.28. The zero-order valence-electron chi connectivity index (χ0n) is 9.51. The van der Waals surface area contributed by atoms with Gasteiger partial charge in [0, 0.05) is 5.56 Å². The van der Waals surface area contributed by atoms with Crippen molar-refractivity contribution in [3.63, 3.8) is 0 Å². The second-order valence-corrected chi connectivity index (χ2v) is 4.68. The molecule has 2 rings (SSSR count). The summed E-state index contributed by atoms with van der Waals surface area (Å²) in [5.74, 6) is -1.25. The number of hydrogen-bond donors (Lipinski definition) is 1. The SMILES string of the molecule is Cc1cc(C)c(F)c(C2(C(=O)O)CCC2)c1. The van der Waals surface area contributed by atoms with Gasteiger partial charge in [0.15, 0.2) is 0 Å². The van der Waals surface area contributed by atoms with E-state index in [1.807, 2.05) is 6.92 Å². The lowest BCUT2D eigenvalue weighted by molar-refractivity contribution is -0.147. The number of carbonyl (C=O) groups is 1. The number of hydrogen-bond acceptors (Lipinski definition) is 1. The summed E-state index contributed by atoms with van der Waals surface area (Å²) in [6.45, 7) is 3.55. The van der Waals surface area contributed by atoms with Gasteiger partial charge in [-0.1, -0.05) is 24.1 Å². The molecule has 1 aromatic carbocycles. The van der Waals surface area contributed by atoms with Crippen molar-refractivity contribution in [1.82, 2.24) is 0 Å². The van der Waals surface area contributed by atoms with Gasteiger partial charge < -0.3 is 5.11 Å². The van der Waals surface area contributed by atoms with Crippen molar-refractivity contribution >= 4 is 5.97 Å². The van der Waals surface area contributed by atoms with E-state index in [1.54, 1.807) is 19.1 Å². The molecule has 0 bridgehead atoms. The summed E-state index contributed by atoms with van der Waals surface area (Å²) in [5.41, 5.74) is 0.841. The lowest BCUT2D eigenvalue weighted by Crippen LogP contribution is -2.43. The van der Waals surface area contributed by atoms with Crippen LogP contribution >= 0.6 is 0 Å². The van der Waals surface area contributed by atoms with Gasteiger partial charge in [0.25, 0.3) is 0 Å². The fourth-order valence-electron chi connectivity index (χ4n) is 2.43. The lowest BCUT2D eigenvalue weighted by atomic mass is 9.64. The molecule has 1 saturated carbocycles. The molecule has 0 heterocycles. The molecule has 16 heavy (non-hydrogen) atoms. The minimum Gasteiger partial charge on any atom is -0.481 e. The Morgan fingerprint density at radius 3 is 2.44 bits per heavy atom. The van der Waals surface area contributed by atoms with E-state index in [2.05, 4.69) is 0 Å². The van der Waals surface area contributed by atoms with Crippen LogP contribution in [-0.2, 0) is 10.2 Å². The van der Waals surface area contributed by atoms with Crippen molar-refractivity contribution in [2.45, 2.75) is 38.5 Å². The van der Waals surface area contributed by atoms with Crippen LogP contribution in [0.2, 0.25) is 0 Å². The van der Waals surface area contributed by atoms with Crippen LogP contribution in [0, 0.1) is 19.7 Å². The number of carboxylic acid groups (broad SMARTS) is 1. The molecule has 0 unspecified atom stereocenters. The number of aliphatic carboxylic acids is 1. The lowest BCUT2D eigenvalue weighted by Gasteiger charge is -2.38. The van der Waals surface area contributed by atoms with Gasteiger partial charge in [0.2, 0.25) is 0 Å². The predicted molar refractivity (Wildman–Crippen MR) is 59.0 cm³/mol. The first-order valence-corrected chi connectivity index (χ1v) is 5.48. The number of carboxylic acids is 1. The Hall–Kier alpha value is -1.38. The normalized spacial score (nSPS) is 17.9. The standard InChI is InChI=1S/C13H15FO2/c1-8-6-9(2)11(14)10(7-8)13(12(15)16)4-3-5-13/h6-7H,3-5H2,1-2H3,(H,15,16). The summed E-state index contributed by atoms with van der Waals surface area (Å²) >= 11 is 0. The molecule has 0 aliphatic heterocycles. The molecule has 0 atom stereocenters. The molecule has 1 N–H and O–H groups in total. The molecular weight excluding hydrogens is 207 g/mol. The van der Waals surface area contributed by atoms with E-state index in [1.165, 1.54) is 0 Å². The van der Waals surface area contributed by atoms with Gasteiger partial charge in [-0.15, -0.1) is 0 Å². The fourth-order valence-corrected chi connectivity index (χ4v) is 2.43. The molecule has 0 amide bonds. The maximum Gasteiger partial charge on any atom is 0.314 e. The van der Waals surface area contributed by atoms with Gasteiger partial charge in [-0.3, -0.25) is 4.79 Å². The second-order valence-electron chi connectivity index (χ2n) is 4.68. The summed E-state index contributed by atoms with van der Waals surface area (Å²) in [7, 11) is 0. The van der Waals surface area contributed by atoms with Crippen LogP contribution in [0.15, 0.2) is 12.1 Å². The maximum absolute atomic E-state index is 14.0. The summed E-state index contributed by atoms with van der Waals surface area (Å²) in [6.07, 6.45) is 1.95. The van der Waals surface area contributed by atoms with Crippen LogP contribution in [0.3, 0.4) is 0 Å². The quantitative estimate of drug-likeness (QED) is 0.835. The summed E-state index contributed by atoms with van der Waals surface area (Å²) < 4.78 is 14.0. The van der Waals surface area contributed by atoms with Gasteiger partial charge in [-0.25, -0.2) is 4.39 Å².